The van der Waals surface area contributed by atoms with Gasteiger partial charge in [0.2, 0.25) is 6.20 Å². The van der Waals surface area contributed by atoms with Gasteiger partial charge in [-0.25, -0.2) is 0 Å². The van der Waals surface area contributed by atoms with Gasteiger partial charge >= 0.3 is 0 Å². The zero-order valence-electron chi connectivity index (χ0n) is 17.0. The van der Waals surface area contributed by atoms with Crippen LogP contribution in [-0.4, -0.2) is 17.8 Å². The summed E-state index contributed by atoms with van der Waals surface area (Å²) in [6.45, 7) is 5.47. The van der Waals surface area contributed by atoms with Crippen molar-refractivity contribution < 1.29 is 26.8 Å². The predicted molar refractivity (Wildman–Crippen MR) is 105 cm³/mol. The van der Waals surface area contributed by atoms with Crippen LogP contribution in [0.3, 0.4) is 0 Å². The first-order valence-electron chi connectivity index (χ1n) is 10.5. The number of hydrogen-bond donors (Lipinski definition) is 1. The molecule has 0 spiro atoms. The van der Waals surface area contributed by atoms with E-state index in [0.717, 1.165) is 18.8 Å². The lowest BCUT2D eigenvalue weighted by atomic mass is 10.1. The van der Waals surface area contributed by atoms with E-state index in [1.165, 1.54) is 70.6 Å². The van der Waals surface area contributed by atoms with Crippen molar-refractivity contribution in [3.8, 4) is 5.75 Å². The van der Waals surface area contributed by atoms with Crippen LogP contribution in [0.15, 0.2) is 24.5 Å². The molecule has 0 aliphatic heterocycles. The van der Waals surface area contributed by atoms with E-state index in [9.17, 15) is 5.11 Å². The first kappa shape index (κ1) is 25.2. The number of unbranched alkanes of at least 4 members (excludes halogenated alkanes) is 11. The molecule has 1 unspecified atom stereocenters. The van der Waals surface area contributed by atoms with Crippen molar-refractivity contribution in [2.45, 2.75) is 104 Å². The number of aromatic nitrogens is 1. The highest BCUT2D eigenvalue weighted by Gasteiger charge is 2.06. The van der Waals surface area contributed by atoms with Gasteiger partial charge < -0.3 is 22.3 Å². The minimum Gasteiger partial charge on any atom is -1.00 e. The molecule has 0 amide bonds. The Labute approximate surface area is 167 Å². The maximum Gasteiger partial charge on any atom is 0.211 e. The Morgan fingerprint density at radius 3 is 2.00 bits per heavy atom. The molecule has 152 valence electrons. The van der Waals surface area contributed by atoms with Crippen LogP contribution >= 0.6 is 0 Å². The molecule has 1 rings (SSSR count). The third-order valence-electron chi connectivity index (χ3n) is 4.57. The molecule has 1 heterocycles. The van der Waals surface area contributed by atoms with Crippen LogP contribution in [0, 0.1) is 0 Å². The molecule has 1 aromatic heterocycles. The summed E-state index contributed by atoms with van der Waals surface area (Å²) in [5.41, 5.74) is 0. The number of aliphatic hydroxyl groups excluding tert-OH is 1. The Bertz CT molecular complexity index is 426. The standard InChI is InChI=1S/C22H40NO2.ClH/c1-3-4-5-6-7-8-9-10-11-12-13-14-18-25-22-16-15-17-23(20-22)19-21(2)24;/h15-17,20-21,24H,3-14,18-19H2,1-2H3;1H/q+1;/p-1. The Balaban J connectivity index is 0.00000625. The van der Waals surface area contributed by atoms with Gasteiger partial charge in [0.1, 0.15) is 6.10 Å². The number of aliphatic hydroxyl groups is 1. The lowest BCUT2D eigenvalue weighted by Crippen LogP contribution is -3.00. The maximum atomic E-state index is 9.43. The summed E-state index contributed by atoms with van der Waals surface area (Å²) in [5, 5.41) is 9.43. The number of ether oxygens (including phenoxy) is 1. The van der Waals surface area contributed by atoms with Crippen molar-refractivity contribution in [1.82, 2.24) is 0 Å². The average molecular weight is 386 g/mol. The van der Waals surface area contributed by atoms with Crippen molar-refractivity contribution in [1.29, 1.82) is 0 Å². The van der Waals surface area contributed by atoms with Crippen molar-refractivity contribution in [2.24, 2.45) is 0 Å². The second-order valence-electron chi connectivity index (χ2n) is 7.32. The minimum atomic E-state index is -0.336. The molecule has 26 heavy (non-hydrogen) atoms. The summed E-state index contributed by atoms with van der Waals surface area (Å²) in [5.74, 6) is 0.895. The molecule has 1 N–H and O–H groups in total. The molecule has 3 nitrogen and oxygen atoms in total. The molecule has 0 aromatic carbocycles. The fourth-order valence-corrected chi connectivity index (χ4v) is 3.14. The monoisotopic (exact) mass is 385 g/mol. The first-order valence-corrected chi connectivity index (χ1v) is 10.5. The molecule has 1 aromatic rings. The molecule has 0 bridgehead atoms. The molecular formula is C22H40ClNO2. The van der Waals surface area contributed by atoms with Gasteiger partial charge in [-0.3, -0.25) is 0 Å². The average Bonchev–Trinajstić information content (AvgIpc) is 2.59. The maximum absolute atomic E-state index is 9.43. The SMILES string of the molecule is CCCCCCCCCCCCCCOc1ccc[n+](CC(C)O)c1.[Cl-]. The smallest absolute Gasteiger partial charge is 0.211 e. The zero-order chi connectivity index (χ0) is 18.2. The number of pyridine rings is 1. The van der Waals surface area contributed by atoms with Crippen LogP contribution in [0.5, 0.6) is 5.75 Å². The van der Waals surface area contributed by atoms with Crippen LogP contribution in [0.2, 0.25) is 0 Å². The number of nitrogens with zero attached hydrogens (tertiary/aromatic N) is 1. The molecule has 1 atom stereocenters. The third kappa shape index (κ3) is 14.4. The Kier molecular flexibility index (Phi) is 17.1. The van der Waals surface area contributed by atoms with Crippen LogP contribution < -0.4 is 21.7 Å². The van der Waals surface area contributed by atoms with Gasteiger partial charge in [0.25, 0.3) is 0 Å². The molecule has 0 fully saturated rings. The lowest BCUT2D eigenvalue weighted by molar-refractivity contribution is -0.703. The van der Waals surface area contributed by atoms with E-state index in [4.69, 9.17) is 4.74 Å². The molecule has 0 radical (unpaired) electrons. The molecular weight excluding hydrogens is 346 g/mol. The molecule has 4 heteroatoms. The largest absolute Gasteiger partial charge is 1.00 e. The van der Waals surface area contributed by atoms with Gasteiger partial charge in [-0.1, -0.05) is 77.6 Å². The summed E-state index contributed by atoms with van der Waals surface area (Å²) in [7, 11) is 0. The second-order valence-corrected chi connectivity index (χ2v) is 7.32. The lowest BCUT2D eigenvalue weighted by Gasteiger charge is -2.06. The van der Waals surface area contributed by atoms with Crippen LogP contribution in [0.25, 0.3) is 0 Å². The van der Waals surface area contributed by atoms with Gasteiger partial charge in [0, 0.05) is 6.07 Å². The Morgan fingerprint density at radius 1 is 0.923 bits per heavy atom. The normalized spacial score (nSPS) is 11.8. The summed E-state index contributed by atoms with van der Waals surface area (Å²) >= 11 is 0. The highest BCUT2D eigenvalue weighted by atomic mass is 35.5. The van der Waals surface area contributed by atoms with E-state index >= 15 is 0 Å². The number of rotatable bonds is 16. The van der Waals surface area contributed by atoms with E-state index < -0.39 is 0 Å². The summed E-state index contributed by atoms with van der Waals surface area (Å²) in [6, 6.07) is 3.96. The predicted octanol–water partition coefficient (Wildman–Crippen LogP) is 2.44. The topological polar surface area (TPSA) is 33.3 Å². The van der Waals surface area contributed by atoms with E-state index in [0.29, 0.717) is 6.54 Å². The van der Waals surface area contributed by atoms with Gasteiger partial charge in [0.05, 0.1) is 6.61 Å². The van der Waals surface area contributed by atoms with Crippen LogP contribution in [0.4, 0.5) is 0 Å². The van der Waals surface area contributed by atoms with Crippen LogP contribution in [-0.2, 0) is 6.54 Å². The number of halogens is 1. The van der Waals surface area contributed by atoms with Crippen molar-refractivity contribution >= 4 is 0 Å². The summed E-state index contributed by atoms with van der Waals surface area (Å²) < 4.78 is 7.79. The Morgan fingerprint density at radius 2 is 1.46 bits per heavy atom. The van der Waals surface area contributed by atoms with Crippen molar-refractivity contribution in [3.63, 3.8) is 0 Å². The van der Waals surface area contributed by atoms with Gasteiger partial charge in [-0.2, -0.15) is 4.57 Å². The quantitative estimate of drug-likeness (QED) is 0.350. The molecule has 0 saturated carbocycles. The molecule has 0 aliphatic rings. The van der Waals surface area contributed by atoms with E-state index in [2.05, 4.69) is 6.92 Å². The number of hydrogen-bond acceptors (Lipinski definition) is 2. The van der Waals surface area contributed by atoms with E-state index in [1.807, 2.05) is 29.1 Å². The summed E-state index contributed by atoms with van der Waals surface area (Å²) in [4.78, 5) is 0. The fraction of sp³-hybridized carbons (Fsp3) is 0.773. The molecule has 0 saturated heterocycles. The third-order valence-corrected chi connectivity index (χ3v) is 4.57. The highest BCUT2D eigenvalue weighted by molar-refractivity contribution is 5.12. The fourth-order valence-electron chi connectivity index (χ4n) is 3.14. The highest BCUT2D eigenvalue weighted by Crippen LogP contribution is 2.12. The van der Waals surface area contributed by atoms with Crippen molar-refractivity contribution in [2.75, 3.05) is 6.61 Å². The summed E-state index contributed by atoms with van der Waals surface area (Å²) in [6.07, 6.45) is 20.0. The van der Waals surface area contributed by atoms with Crippen molar-refractivity contribution in [3.05, 3.63) is 24.5 Å². The van der Waals surface area contributed by atoms with Gasteiger partial charge in [0.15, 0.2) is 18.5 Å². The zero-order valence-corrected chi connectivity index (χ0v) is 17.7. The van der Waals surface area contributed by atoms with E-state index in [1.54, 1.807) is 6.92 Å². The van der Waals surface area contributed by atoms with Gasteiger partial charge in [-0.15, -0.1) is 0 Å². The first-order chi connectivity index (χ1) is 12.2. The Hall–Kier alpha value is -0.800. The minimum absolute atomic E-state index is 0. The van der Waals surface area contributed by atoms with Crippen LogP contribution in [0.1, 0.15) is 90.9 Å². The van der Waals surface area contributed by atoms with Gasteiger partial charge in [-0.05, 0) is 19.4 Å². The molecule has 0 aliphatic carbocycles. The second kappa shape index (κ2) is 17.6. The van der Waals surface area contributed by atoms with E-state index in [-0.39, 0.29) is 18.5 Å².